The molecule has 6 rings (SSSR count). The number of hydrogen-bond donors (Lipinski definition) is 0. The molecule has 0 bridgehead atoms. The lowest BCUT2D eigenvalue weighted by atomic mass is 9.35. The lowest BCUT2D eigenvalue weighted by Crippen LogP contribution is -2.66. The molecule has 1 aromatic heterocycles. The number of ketones is 2. The minimum atomic E-state index is -2.69. The van der Waals surface area contributed by atoms with Gasteiger partial charge < -0.3 is 0 Å². The summed E-state index contributed by atoms with van der Waals surface area (Å²) in [6.45, 7) is 15.1. The molecule has 1 heterocycles. The molecule has 0 aliphatic heterocycles. The van der Waals surface area contributed by atoms with Gasteiger partial charge in [-0.05, 0) is 79.1 Å². The molecule has 220 valence electrons. The van der Waals surface area contributed by atoms with Crippen molar-refractivity contribution in [3.63, 3.8) is 0 Å². The summed E-state index contributed by atoms with van der Waals surface area (Å²) in [5.41, 5.74) is -1.59. The zero-order valence-corrected chi connectivity index (χ0v) is 25.4. The normalized spacial score (nSPS) is 42.7. The van der Waals surface area contributed by atoms with Crippen molar-refractivity contribution in [2.24, 2.45) is 44.8 Å². The molecule has 3 saturated carbocycles. The Kier molecular flexibility index (Phi) is 5.86. The maximum absolute atomic E-state index is 14.6. The zero-order valence-electron chi connectivity index (χ0n) is 25.4. The van der Waals surface area contributed by atoms with Gasteiger partial charge in [-0.15, -0.1) is 5.10 Å². The summed E-state index contributed by atoms with van der Waals surface area (Å²) in [5.74, 6) is -0.391. The van der Waals surface area contributed by atoms with E-state index in [-0.39, 0.29) is 56.8 Å². The summed E-state index contributed by atoms with van der Waals surface area (Å²) < 4.78 is 28.9. The van der Waals surface area contributed by atoms with Gasteiger partial charge in [0.05, 0.1) is 17.3 Å². The highest BCUT2D eigenvalue weighted by Gasteiger charge is 2.70. The van der Waals surface area contributed by atoms with Crippen molar-refractivity contribution in [3.8, 4) is 6.07 Å². The fraction of sp³-hybridized carbons (Fsp3) is 0.727. The molecule has 5 aliphatic carbocycles. The Hall–Kier alpha value is -2.69. The average molecular weight is 565 g/mol. The van der Waals surface area contributed by atoms with Gasteiger partial charge >= 0.3 is 0 Å². The molecule has 41 heavy (non-hydrogen) atoms. The minimum Gasteiger partial charge on any atom is -0.295 e. The molecule has 5 aliphatic rings. The third-order valence-electron chi connectivity index (χ3n) is 13.0. The van der Waals surface area contributed by atoms with Crippen molar-refractivity contribution >= 4 is 11.6 Å². The van der Waals surface area contributed by atoms with E-state index in [0.717, 1.165) is 50.5 Å². The van der Waals surface area contributed by atoms with Crippen molar-refractivity contribution in [1.29, 1.82) is 5.26 Å². The van der Waals surface area contributed by atoms with Crippen LogP contribution < -0.4 is 0 Å². The predicted molar refractivity (Wildman–Crippen MR) is 149 cm³/mol. The number of nitrogens with zero attached hydrogens (tertiary/aromatic N) is 4. The van der Waals surface area contributed by atoms with Crippen LogP contribution in [0.1, 0.15) is 106 Å². The quantitative estimate of drug-likeness (QED) is 0.381. The predicted octanol–water partition coefficient (Wildman–Crippen LogP) is 7.14. The van der Waals surface area contributed by atoms with E-state index in [9.17, 15) is 23.6 Å². The molecule has 0 unspecified atom stereocenters. The molecule has 0 spiro atoms. The minimum absolute atomic E-state index is 0.00550. The number of halogens is 2. The number of rotatable bonds is 2. The summed E-state index contributed by atoms with van der Waals surface area (Å²) in [5, 5.41) is 18.0. The molecule has 8 heteroatoms. The van der Waals surface area contributed by atoms with E-state index in [4.69, 9.17) is 0 Å². The highest BCUT2D eigenvalue weighted by atomic mass is 19.3. The summed E-state index contributed by atoms with van der Waals surface area (Å²) >= 11 is 0. The second-order valence-electron chi connectivity index (χ2n) is 15.7. The fourth-order valence-corrected chi connectivity index (χ4v) is 10.6. The second kappa shape index (κ2) is 8.45. The maximum atomic E-state index is 14.6. The highest BCUT2D eigenvalue weighted by molar-refractivity contribution is 6.04. The number of carbonyl (C=O) groups excluding carboxylic acids is 2. The van der Waals surface area contributed by atoms with Crippen LogP contribution in [-0.2, 0) is 15.1 Å². The van der Waals surface area contributed by atoms with E-state index in [0.29, 0.717) is 0 Å². The summed E-state index contributed by atoms with van der Waals surface area (Å²) in [6, 6.07) is 2.16. The molecular weight excluding hydrogens is 522 g/mol. The van der Waals surface area contributed by atoms with E-state index in [1.165, 1.54) is 6.20 Å². The Morgan fingerprint density at radius 3 is 2.34 bits per heavy atom. The van der Waals surface area contributed by atoms with Crippen LogP contribution in [0.2, 0.25) is 0 Å². The molecule has 7 atom stereocenters. The topological polar surface area (TPSA) is 88.6 Å². The third-order valence-corrected chi connectivity index (χ3v) is 13.0. The van der Waals surface area contributed by atoms with Gasteiger partial charge in [0.25, 0.3) is 6.43 Å². The monoisotopic (exact) mass is 564 g/mol. The van der Waals surface area contributed by atoms with Crippen LogP contribution >= 0.6 is 0 Å². The van der Waals surface area contributed by atoms with E-state index in [2.05, 4.69) is 51.0 Å². The smallest absolute Gasteiger partial charge is 0.283 e. The first-order valence-electron chi connectivity index (χ1n) is 15.1. The number of hydrogen-bond acceptors (Lipinski definition) is 5. The lowest BCUT2D eigenvalue weighted by Gasteiger charge is -2.69. The van der Waals surface area contributed by atoms with E-state index in [1.807, 2.05) is 26.0 Å². The standard InChI is InChI=1S/C33H42F2N4O2/c1-28(2)10-12-33(39-18-21(27(34)35)37-38-39)13-11-32(7)25(20(33)16-28)22(40)14-24-30(5)15-19(17-36)26(41)29(3,4)23(30)8-9-31(24,32)6/h14-15,18,20,23,25,27H,8-13,16H2,1-7H3/t20-,23-,25-,30-,31+,32+,33-/m0/s1. The van der Waals surface area contributed by atoms with Gasteiger partial charge in [-0.25, -0.2) is 13.5 Å². The first-order valence-corrected chi connectivity index (χ1v) is 15.1. The van der Waals surface area contributed by atoms with Crippen molar-refractivity contribution in [2.75, 3.05) is 0 Å². The van der Waals surface area contributed by atoms with Gasteiger partial charge in [0, 0.05) is 16.7 Å². The van der Waals surface area contributed by atoms with E-state index in [1.54, 1.807) is 4.68 Å². The Bertz CT molecular complexity index is 1450. The van der Waals surface area contributed by atoms with Crippen LogP contribution in [0.25, 0.3) is 0 Å². The maximum Gasteiger partial charge on any atom is 0.283 e. The Morgan fingerprint density at radius 2 is 1.71 bits per heavy atom. The van der Waals surface area contributed by atoms with Gasteiger partial charge in [-0.3, -0.25) is 9.59 Å². The fourth-order valence-electron chi connectivity index (χ4n) is 10.6. The number of alkyl halides is 2. The van der Waals surface area contributed by atoms with Gasteiger partial charge in [-0.1, -0.05) is 65.3 Å². The first kappa shape index (κ1) is 28.4. The SMILES string of the molecule is CC1(C)CC[C@]2(n3cc(C(F)F)nn3)CC[C@]3(C)[C@H](C(=O)C=C4[C@@]5(C)C=C(C#N)C(=O)C(C)(C)[C@@H]5CC[C@]43C)[C@@H]2C1. The van der Waals surface area contributed by atoms with Crippen molar-refractivity contribution in [3.05, 3.63) is 35.2 Å². The van der Waals surface area contributed by atoms with Crippen molar-refractivity contribution in [1.82, 2.24) is 15.0 Å². The van der Waals surface area contributed by atoms with Crippen LogP contribution in [0.5, 0.6) is 0 Å². The largest absolute Gasteiger partial charge is 0.295 e. The molecule has 1 aromatic rings. The van der Waals surface area contributed by atoms with E-state index >= 15 is 0 Å². The van der Waals surface area contributed by atoms with Crippen molar-refractivity contribution in [2.45, 2.75) is 105 Å². The van der Waals surface area contributed by atoms with Crippen LogP contribution in [-0.4, -0.2) is 26.6 Å². The highest BCUT2D eigenvalue weighted by Crippen LogP contribution is 2.74. The number of fused-ring (bicyclic) bond motifs is 7. The number of aromatic nitrogens is 3. The van der Waals surface area contributed by atoms with Crippen LogP contribution in [0, 0.1) is 56.2 Å². The average Bonchev–Trinajstić information content (AvgIpc) is 3.39. The second-order valence-corrected chi connectivity index (χ2v) is 15.7. The van der Waals surface area contributed by atoms with E-state index < -0.39 is 22.8 Å². The molecule has 0 radical (unpaired) electrons. The Balaban J connectivity index is 1.52. The summed E-state index contributed by atoms with van der Waals surface area (Å²) in [6.07, 6.45) is 8.15. The molecule has 0 N–H and O–H groups in total. The molecular formula is C33H42F2N4O2. The lowest BCUT2D eigenvalue weighted by molar-refractivity contribution is -0.169. The van der Waals surface area contributed by atoms with Gasteiger partial charge in [-0.2, -0.15) is 5.26 Å². The van der Waals surface area contributed by atoms with Gasteiger partial charge in [0.2, 0.25) is 0 Å². The number of carbonyl (C=O) groups is 2. The van der Waals surface area contributed by atoms with Crippen molar-refractivity contribution < 1.29 is 18.4 Å². The van der Waals surface area contributed by atoms with Crippen LogP contribution in [0.4, 0.5) is 8.78 Å². The number of nitriles is 1. The van der Waals surface area contributed by atoms with Crippen LogP contribution in [0.3, 0.4) is 0 Å². The zero-order chi connectivity index (χ0) is 30.0. The van der Waals surface area contributed by atoms with Crippen LogP contribution in [0.15, 0.2) is 29.5 Å². The number of Topliss-reactive ketones (excluding diaryl/α,β-unsaturated/α-hetero) is 1. The van der Waals surface area contributed by atoms with Gasteiger partial charge in [0.15, 0.2) is 11.6 Å². The Labute approximate surface area is 241 Å². The molecule has 0 amide bonds. The van der Waals surface area contributed by atoms with Gasteiger partial charge in [0.1, 0.15) is 11.8 Å². The Morgan fingerprint density at radius 1 is 1.02 bits per heavy atom. The molecule has 0 aromatic carbocycles. The summed E-state index contributed by atoms with van der Waals surface area (Å²) in [7, 11) is 0. The molecule has 6 nitrogen and oxygen atoms in total. The molecule has 0 saturated heterocycles. The third kappa shape index (κ3) is 3.50. The summed E-state index contributed by atoms with van der Waals surface area (Å²) in [4.78, 5) is 27.8. The number of allylic oxidation sites excluding steroid dienone is 4. The molecule has 3 fully saturated rings. The first-order chi connectivity index (χ1) is 19.0.